The van der Waals surface area contributed by atoms with Crippen LogP contribution in [0.25, 0.3) is 5.57 Å². The first-order valence-electron chi connectivity index (χ1n) is 4.71. The maximum Gasteiger partial charge on any atom is 0.123 e. The smallest absolute Gasteiger partial charge is 0.123 e. The van der Waals surface area contributed by atoms with Crippen LogP contribution in [0.3, 0.4) is 0 Å². The van der Waals surface area contributed by atoms with E-state index < -0.39 is 0 Å². The van der Waals surface area contributed by atoms with Crippen molar-refractivity contribution in [2.45, 2.75) is 26.7 Å². The third kappa shape index (κ3) is 1.29. The molecule has 2 N–H and O–H groups in total. The van der Waals surface area contributed by atoms with Gasteiger partial charge >= 0.3 is 0 Å². The van der Waals surface area contributed by atoms with E-state index in [1.165, 1.54) is 0 Å². The van der Waals surface area contributed by atoms with Gasteiger partial charge in [-0.1, -0.05) is 0 Å². The van der Waals surface area contributed by atoms with E-state index in [9.17, 15) is 4.39 Å². The molecule has 0 bridgehead atoms. The molecule has 0 aliphatic heterocycles. The zero-order chi connectivity index (χ0) is 10.3. The molecule has 0 unspecified atom stereocenters. The highest BCUT2D eigenvalue weighted by atomic mass is 19.1. The van der Waals surface area contributed by atoms with Gasteiger partial charge in [0.15, 0.2) is 0 Å². The standard InChI is InChI=1S/C11H13FN2/c1-6-9(12)4-3-8-5-10(13)14-7(2)11(6)8/h5H,3-4H2,1-2H3,(H2,13,14). The number of rotatable bonds is 0. The van der Waals surface area contributed by atoms with Crippen molar-refractivity contribution >= 4 is 11.4 Å². The summed E-state index contributed by atoms with van der Waals surface area (Å²) in [6.07, 6.45) is 1.22. The van der Waals surface area contributed by atoms with Crippen molar-refractivity contribution in [2.24, 2.45) is 0 Å². The van der Waals surface area contributed by atoms with Gasteiger partial charge in [0.05, 0.1) is 0 Å². The van der Waals surface area contributed by atoms with E-state index in [1.807, 2.05) is 13.0 Å². The van der Waals surface area contributed by atoms with E-state index in [0.29, 0.717) is 12.2 Å². The van der Waals surface area contributed by atoms with Crippen LogP contribution in [-0.4, -0.2) is 4.98 Å². The highest BCUT2D eigenvalue weighted by Crippen LogP contribution is 2.33. The Morgan fingerprint density at radius 3 is 2.79 bits per heavy atom. The van der Waals surface area contributed by atoms with Crippen LogP contribution in [0, 0.1) is 6.92 Å². The van der Waals surface area contributed by atoms with Crippen LogP contribution in [-0.2, 0) is 6.42 Å². The minimum Gasteiger partial charge on any atom is -0.384 e. The van der Waals surface area contributed by atoms with Crippen LogP contribution < -0.4 is 5.73 Å². The van der Waals surface area contributed by atoms with Crippen LogP contribution in [0.15, 0.2) is 11.9 Å². The van der Waals surface area contributed by atoms with Crippen molar-refractivity contribution in [1.82, 2.24) is 4.98 Å². The molecule has 3 heteroatoms. The molecule has 0 radical (unpaired) electrons. The van der Waals surface area contributed by atoms with Crippen LogP contribution in [0.1, 0.15) is 30.2 Å². The number of pyridine rings is 1. The maximum absolute atomic E-state index is 13.4. The topological polar surface area (TPSA) is 38.9 Å². The molecule has 0 fully saturated rings. The average Bonchev–Trinajstić information content (AvgIpc) is 2.10. The van der Waals surface area contributed by atoms with E-state index >= 15 is 0 Å². The van der Waals surface area contributed by atoms with E-state index in [2.05, 4.69) is 4.98 Å². The number of anilines is 1. The summed E-state index contributed by atoms with van der Waals surface area (Å²) in [7, 11) is 0. The third-order valence-electron chi connectivity index (χ3n) is 2.70. The maximum atomic E-state index is 13.4. The lowest BCUT2D eigenvalue weighted by Crippen LogP contribution is -2.07. The number of fused-ring (bicyclic) bond motifs is 1. The first-order valence-corrected chi connectivity index (χ1v) is 4.71. The molecule has 1 aromatic heterocycles. The Bertz CT molecular complexity index is 422. The SMILES string of the molecule is CC1=C(F)CCc2cc(N)nc(C)c21. The third-order valence-corrected chi connectivity index (χ3v) is 2.70. The minimum absolute atomic E-state index is 0.0211. The highest BCUT2D eigenvalue weighted by molar-refractivity contribution is 5.72. The number of aromatic nitrogens is 1. The quantitative estimate of drug-likeness (QED) is 0.686. The molecule has 74 valence electrons. The Labute approximate surface area is 82.7 Å². The Hall–Kier alpha value is -1.38. The van der Waals surface area contributed by atoms with Crippen LogP contribution in [0.2, 0.25) is 0 Å². The summed E-state index contributed by atoms with van der Waals surface area (Å²) in [6.45, 7) is 3.68. The molecular weight excluding hydrogens is 179 g/mol. The fraction of sp³-hybridized carbons (Fsp3) is 0.364. The summed E-state index contributed by atoms with van der Waals surface area (Å²) in [5, 5.41) is 0. The molecule has 2 rings (SSSR count). The summed E-state index contributed by atoms with van der Waals surface area (Å²) in [4.78, 5) is 4.15. The first-order chi connectivity index (χ1) is 6.59. The summed E-state index contributed by atoms with van der Waals surface area (Å²) in [5.74, 6) is 0.503. The number of allylic oxidation sites excluding steroid dienone is 2. The predicted molar refractivity (Wildman–Crippen MR) is 55.4 cm³/mol. The number of aryl methyl sites for hydroxylation is 2. The minimum atomic E-state index is -0.0211. The van der Waals surface area contributed by atoms with E-state index in [4.69, 9.17) is 5.73 Å². The summed E-state index contributed by atoms with van der Waals surface area (Å²) in [5.41, 5.74) is 9.25. The molecule has 2 nitrogen and oxygen atoms in total. The lowest BCUT2D eigenvalue weighted by atomic mass is 9.90. The van der Waals surface area contributed by atoms with Crippen molar-refractivity contribution in [3.63, 3.8) is 0 Å². The molecule has 0 spiro atoms. The van der Waals surface area contributed by atoms with Crippen molar-refractivity contribution in [1.29, 1.82) is 0 Å². The predicted octanol–water partition coefficient (Wildman–Crippen LogP) is 2.62. The van der Waals surface area contributed by atoms with Crippen molar-refractivity contribution in [3.8, 4) is 0 Å². The number of hydrogen-bond acceptors (Lipinski definition) is 2. The number of halogens is 1. The fourth-order valence-electron chi connectivity index (χ4n) is 2.04. The summed E-state index contributed by atoms with van der Waals surface area (Å²) >= 11 is 0. The Balaban J connectivity index is 2.68. The molecule has 0 saturated heterocycles. The second-order valence-electron chi connectivity index (χ2n) is 3.70. The molecule has 1 aliphatic carbocycles. The molecule has 1 aliphatic rings. The molecule has 14 heavy (non-hydrogen) atoms. The Kier molecular flexibility index (Phi) is 2.02. The van der Waals surface area contributed by atoms with Crippen LogP contribution in [0.5, 0.6) is 0 Å². The molecule has 1 aromatic rings. The highest BCUT2D eigenvalue weighted by Gasteiger charge is 2.18. The monoisotopic (exact) mass is 192 g/mol. The molecule has 1 heterocycles. The second-order valence-corrected chi connectivity index (χ2v) is 3.70. The zero-order valence-corrected chi connectivity index (χ0v) is 8.39. The zero-order valence-electron chi connectivity index (χ0n) is 8.39. The van der Waals surface area contributed by atoms with Gasteiger partial charge in [0.2, 0.25) is 0 Å². The van der Waals surface area contributed by atoms with E-state index in [1.54, 1.807) is 6.92 Å². The van der Waals surface area contributed by atoms with Gasteiger partial charge in [0.25, 0.3) is 0 Å². The fourth-order valence-corrected chi connectivity index (χ4v) is 2.04. The summed E-state index contributed by atoms with van der Waals surface area (Å²) < 4.78 is 13.4. The number of hydrogen-bond donors (Lipinski definition) is 1. The van der Waals surface area contributed by atoms with E-state index in [-0.39, 0.29) is 5.83 Å². The lowest BCUT2D eigenvalue weighted by Gasteiger charge is -2.18. The van der Waals surface area contributed by atoms with E-state index in [0.717, 1.165) is 28.8 Å². The van der Waals surface area contributed by atoms with Crippen molar-refractivity contribution in [3.05, 3.63) is 28.7 Å². The van der Waals surface area contributed by atoms with Gasteiger partial charge in [0.1, 0.15) is 11.6 Å². The second kappa shape index (κ2) is 3.08. The van der Waals surface area contributed by atoms with Crippen LogP contribution >= 0.6 is 0 Å². The Morgan fingerprint density at radius 2 is 2.07 bits per heavy atom. The lowest BCUT2D eigenvalue weighted by molar-refractivity contribution is 0.584. The summed E-state index contributed by atoms with van der Waals surface area (Å²) in [6, 6.07) is 1.85. The average molecular weight is 192 g/mol. The number of nitrogen functional groups attached to an aromatic ring is 1. The van der Waals surface area contributed by atoms with Gasteiger partial charge < -0.3 is 5.73 Å². The van der Waals surface area contributed by atoms with Crippen molar-refractivity contribution < 1.29 is 4.39 Å². The van der Waals surface area contributed by atoms with Gasteiger partial charge in [-0.2, -0.15) is 0 Å². The van der Waals surface area contributed by atoms with Gasteiger partial charge in [-0.05, 0) is 37.5 Å². The molecule has 0 aromatic carbocycles. The number of nitrogens with zero attached hydrogens (tertiary/aromatic N) is 1. The molecular formula is C11H13FN2. The molecule has 0 saturated carbocycles. The number of nitrogens with two attached hydrogens (primary N) is 1. The molecule has 0 atom stereocenters. The largest absolute Gasteiger partial charge is 0.384 e. The first kappa shape index (κ1) is 9.19. The molecule has 0 amide bonds. The van der Waals surface area contributed by atoms with Gasteiger partial charge in [0, 0.05) is 17.7 Å². The normalized spacial score (nSPS) is 15.6. The van der Waals surface area contributed by atoms with Gasteiger partial charge in [-0.15, -0.1) is 0 Å². The van der Waals surface area contributed by atoms with Crippen LogP contribution in [0.4, 0.5) is 10.2 Å². The van der Waals surface area contributed by atoms with Gasteiger partial charge in [-0.3, -0.25) is 0 Å². The van der Waals surface area contributed by atoms with Gasteiger partial charge in [-0.25, -0.2) is 9.37 Å². The Morgan fingerprint density at radius 1 is 1.36 bits per heavy atom. The van der Waals surface area contributed by atoms with Crippen molar-refractivity contribution in [2.75, 3.05) is 5.73 Å².